The lowest BCUT2D eigenvalue weighted by atomic mass is 9.90. The number of aromatic nitrogens is 1. The molecule has 0 aliphatic carbocycles. The smallest absolute Gasteiger partial charge is 0.182 e. The number of rotatable bonds is 3. The summed E-state index contributed by atoms with van der Waals surface area (Å²) < 4.78 is 5.38. The summed E-state index contributed by atoms with van der Waals surface area (Å²) in [7, 11) is 0. The molecule has 3 rings (SSSR count). The highest BCUT2D eigenvalue weighted by atomic mass is 16.5. The van der Waals surface area contributed by atoms with Crippen molar-refractivity contribution in [2.75, 3.05) is 26.3 Å². The molecule has 0 amide bonds. The molecule has 110 valence electrons. The first-order valence-electron chi connectivity index (χ1n) is 7.31. The third-order valence-electron chi connectivity index (χ3n) is 4.23. The number of hydrogen-bond donors (Lipinski definition) is 0. The van der Waals surface area contributed by atoms with Crippen LogP contribution in [0.4, 0.5) is 0 Å². The predicted molar refractivity (Wildman–Crippen MR) is 82.5 cm³/mol. The molecule has 2 aromatic rings. The van der Waals surface area contributed by atoms with Crippen LogP contribution in [0.1, 0.15) is 24.2 Å². The van der Waals surface area contributed by atoms with Crippen molar-refractivity contribution < 1.29 is 9.53 Å². The van der Waals surface area contributed by atoms with Gasteiger partial charge in [-0.3, -0.25) is 14.7 Å². The maximum Gasteiger partial charge on any atom is 0.182 e. The second kappa shape index (κ2) is 5.54. The van der Waals surface area contributed by atoms with E-state index in [9.17, 15) is 4.79 Å². The highest BCUT2D eigenvalue weighted by Gasteiger charge is 2.35. The molecular weight excluding hydrogens is 264 g/mol. The molecule has 1 aliphatic rings. The first-order valence-corrected chi connectivity index (χ1v) is 7.31. The number of nitrogens with zero attached hydrogens (tertiary/aromatic N) is 2. The van der Waals surface area contributed by atoms with Crippen LogP contribution in [-0.2, 0) is 4.74 Å². The Bertz CT molecular complexity index is 661. The van der Waals surface area contributed by atoms with E-state index in [2.05, 4.69) is 9.88 Å². The number of pyridine rings is 1. The molecule has 1 saturated heterocycles. The summed E-state index contributed by atoms with van der Waals surface area (Å²) in [4.78, 5) is 19.4. The van der Waals surface area contributed by atoms with Gasteiger partial charge in [-0.2, -0.15) is 0 Å². The normalized spacial score (nSPS) is 17.0. The van der Waals surface area contributed by atoms with Crippen molar-refractivity contribution in [1.82, 2.24) is 9.88 Å². The van der Waals surface area contributed by atoms with Crippen LogP contribution >= 0.6 is 0 Å². The van der Waals surface area contributed by atoms with E-state index in [1.807, 2.05) is 44.2 Å². The van der Waals surface area contributed by atoms with Crippen LogP contribution in [0.2, 0.25) is 0 Å². The van der Waals surface area contributed by atoms with Gasteiger partial charge in [-0.1, -0.05) is 18.2 Å². The van der Waals surface area contributed by atoms with E-state index in [0.29, 0.717) is 13.2 Å². The first kappa shape index (κ1) is 14.2. The van der Waals surface area contributed by atoms with E-state index >= 15 is 0 Å². The molecule has 4 nitrogen and oxygen atoms in total. The Balaban J connectivity index is 1.91. The topological polar surface area (TPSA) is 42.4 Å². The van der Waals surface area contributed by atoms with Crippen molar-refractivity contribution in [3.8, 4) is 0 Å². The third kappa shape index (κ3) is 2.69. The zero-order valence-electron chi connectivity index (χ0n) is 12.5. The van der Waals surface area contributed by atoms with Crippen LogP contribution in [0, 0.1) is 0 Å². The molecule has 2 heterocycles. The Morgan fingerprint density at radius 3 is 2.76 bits per heavy atom. The fraction of sp³-hybridized carbons (Fsp3) is 0.412. The summed E-state index contributed by atoms with van der Waals surface area (Å²) in [5.74, 6) is 0.136. The minimum Gasteiger partial charge on any atom is -0.379 e. The monoisotopic (exact) mass is 284 g/mol. The van der Waals surface area contributed by atoms with E-state index in [0.717, 1.165) is 29.6 Å². The third-order valence-corrected chi connectivity index (χ3v) is 4.23. The number of morpholine rings is 1. The number of ketones is 1. The van der Waals surface area contributed by atoms with Crippen LogP contribution in [-0.4, -0.2) is 47.5 Å². The minimum absolute atomic E-state index is 0.136. The van der Waals surface area contributed by atoms with Crippen molar-refractivity contribution in [3.05, 3.63) is 42.1 Å². The lowest BCUT2D eigenvalue weighted by Crippen LogP contribution is -2.54. The molecule has 1 aromatic carbocycles. The number of Topliss-reactive ketones (excluding diaryl/α,β-unsaturated/α-hetero) is 1. The maximum atomic E-state index is 12.9. The molecule has 0 bridgehead atoms. The Labute approximate surface area is 124 Å². The van der Waals surface area contributed by atoms with Crippen LogP contribution in [0.3, 0.4) is 0 Å². The minimum atomic E-state index is -0.522. The largest absolute Gasteiger partial charge is 0.379 e. The Hall–Kier alpha value is -1.78. The highest BCUT2D eigenvalue weighted by molar-refractivity contribution is 6.04. The summed E-state index contributed by atoms with van der Waals surface area (Å²) >= 11 is 0. The predicted octanol–water partition coefficient (Wildman–Crippen LogP) is 2.53. The zero-order valence-corrected chi connectivity index (χ0v) is 12.5. The fourth-order valence-corrected chi connectivity index (χ4v) is 2.83. The van der Waals surface area contributed by atoms with Gasteiger partial charge in [0.15, 0.2) is 5.78 Å². The summed E-state index contributed by atoms with van der Waals surface area (Å²) in [5.41, 5.74) is 1.06. The first-order chi connectivity index (χ1) is 10.1. The van der Waals surface area contributed by atoms with E-state index < -0.39 is 5.54 Å². The summed E-state index contributed by atoms with van der Waals surface area (Å²) in [6, 6.07) is 9.66. The SMILES string of the molecule is CC(C)(C(=O)c1ccc2cccnc2c1)N1CCOCC1. The molecule has 0 spiro atoms. The Morgan fingerprint density at radius 2 is 2.00 bits per heavy atom. The van der Waals surface area contributed by atoms with E-state index in [1.165, 1.54) is 0 Å². The number of carbonyl (C=O) groups is 1. The van der Waals surface area contributed by atoms with Gasteiger partial charge in [0.25, 0.3) is 0 Å². The highest BCUT2D eigenvalue weighted by Crippen LogP contribution is 2.23. The van der Waals surface area contributed by atoms with Gasteiger partial charge in [0.05, 0.1) is 24.3 Å². The molecule has 0 saturated carbocycles. The van der Waals surface area contributed by atoms with Crippen molar-refractivity contribution in [2.24, 2.45) is 0 Å². The number of hydrogen-bond acceptors (Lipinski definition) is 4. The molecule has 4 heteroatoms. The maximum absolute atomic E-state index is 12.9. The fourth-order valence-electron chi connectivity index (χ4n) is 2.83. The van der Waals surface area contributed by atoms with Crippen molar-refractivity contribution in [1.29, 1.82) is 0 Å². The standard InChI is InChI=1S/C17H20N2O2/c1-17(2,19-8-10-21-11-9-19)16(20)14-6-5-13-4-3-7-18-15(13)12-14/h3-7,12H,8-11H2,1-2H3. The van der Waals surface area contributed by atoms with Gasteiger partial charge in [0.1, 0.15) is 0 Å². The molecule has 0 N–H and O–H groups in total. The number of ether oxygens (including phenoxy) is 1. The number of carbonyl (C=O) groups excluding carboxylic acids is 1. The van der Waals surface area contributed by atoms with E-state index in [-0.39, 0.29) is 5.78 Å². The average Bonchev–Trinajstić information content (AvgIpc) is 2.54. The van der Waals surface area contributed by atoms with E-state index in [4.69, 9.17) is 4.74 Å². The molecule has 21 heavy (non-hydrogen) atoms. The van der Waals surface area contributed by atoms with Crippen LogP contribution in [0.25, 0.3) is 10.9 Å². The van der Waals surface area contributed by atoms with Gasteiger partial charge in [-0.15, -0.1) is 0 Å². The van der Waals surface area contributed by atoms with Crippen LogP contribution in [0.15, 0.2) is 36.5 Å². The lowest BCUT2D eigenvalue weighted by molar-refractivity contribution is -0.00429. The quantitative estimate of drug-likeness (QED) is 0.812. The summed E-state index contributed by atoms with van der Waals surface area (Å²) in [5, 5.41) is 1.05. The zero-order chi connectivity index (χ0) is 14.9. The number of benzene rings is 1. The Morgan fingerprint density at radius 1 is 1.24 bits per heavy atom. The van der Waals surface area contributed by atoms with E-state index in [1.54, 1.807) is 6.20 Å². The summed E-state index contributed by atoms with van der Waals surface area (Å²) in [6.45, 7) is 6.95. The van der Waals surface area contributed by atoms with Gasteiger partial charge in [0, 0.05) is 30.2 Å². The van der Waals surface area contributed by atoms with Gasteiger partial charge in [-0.05, 0) is 26.0 Å². The van der Waals surface area contributed by atoms with Gasteiger partial charge < -0.3 is 4.74 Å². The second-order valence-electron chi connectivity index (χ2n) is 5.90. The van der Waals surface area contributed by atoms with Crippen molar-refractivity contribution in [3.63, 3.8) is 0 Å². The Kier molecular flexibility index (Phi) is 3.74. The van der Waals surface area contributed by atoms with Gasteiger partial charge >= 0.3 is 0 Å². The molecule has 0 atom stereocenters. The molecule has 1 aliphatic heterocycles. The van der Waals surface area contributed by atoms with Crippen molar-refractivity contribution >= 4 is 16.7 Å². The van der Waals surface area contributed by atoms with Crippen molar-refractivity contribution in [2.45, 2.75) is 19.4 Å². The molecule has 0 radical (unpaired) electrons. The lowest BCUT2D eigenvalue weighted by Gasteiger charge is -2.39. The molecular formula is C17H20N2O2. The average molecular weight is 284 g/mol. The molecule has 1 fully saturated rings. The molecule has 1 aromatic heterocycles. The van der Waals surface area contributed by atoms with Gasteiger partial charge in [0.2, 0.25) is 0 Å². The molecule has 0 unspecified atom stereocenters. The van der Waals surface area contributed by atoms with Crippen LogP contribution < -0.4 is 0 Å². The number of fused-ring (bicyclic) bond motifs is 1. The summed E-state index contributed by atoms with van der Waals surface area (Å²) in [6.07, 6.45) is 1.75. The van der Waals surface area contributed by atoms with Gasteiger partial charge in [-0.25, -0.2) is 0 Å². The van der Waals surface area contributed by atoms with Crippen LogP contribution in [0.5, 0.6) is 0 Å². The second-order valence-corrected chi connectivity index (χ2v) is 5.90.